The number of carbonyl (C=O) groups is 1. The maximum atomic E-state index is 11.1. The van der Waals surface area contributed by atoms with Gasteiger partial charge in [-0.3, -0.25) is 14.9 Å². The zero-order valence-electron chi connectivity index (χ0n) is 11.1. The van der Waals surface area contributed by atoms with Gasteiger partial charge in [0.15, 0.2) is 0 Å². The first kappa shape index (κ1) is 16.4. The minimum atomic E-state index is -1.10. The lowest BCUT2D eigenvalue weighted by molar-refractivity contribution is -0.385. The zero-order valence-corrected chi connectivity index (χ0v) is 12.6. The maximum Gasteiger partial charge on any atom is 0.323 e. The van der Waals surface area contributed by atoms with E-state index in [4.69, 9.17) is 9.84 Å². The molecule has 0 spiro atoms. The molecule has 1 atom stereocenters. The van der Waals surface area contributed by atoms with E-state index in [9.17, 15) is 14.9 Å². The molecule has 2 N–H and O–H groups in total. The number of hydrogen-bond donors (Lipinski definition) is 2. The first-order chi connectivity index (χ1) is 9.31. The summed E-state index contributed by atoms with van der Waals surface area (Å²) in [5.41, 5.74) is -1.20. The quantitative estimate of drug-likeness (QED) is 0.579. The van der Waals surface area contributed by atoms with Crippen molar-refractivity contribution < 1.29 is 19.6 Å². The lowest BCUT2D eigenvalue weighted by Crippen LogP contribution is -2.48. The summed E-state index contributed by atoms with van der Waals surface area (Å²) < 4.78 is 5.66. The largest absolute Gasteiger partial charge is 0.492 e. The van der Waals surface area contributed by atoms with Crippen LogP contribution in [0.5, 0.6) is 5.75 Å². The third kappa shape index (κ3) is 3.67. The van der Waals surface area contributed by atoms with Crippen LogP contribution in [0.3, 0.4) is 0 Å². The molecule has 0 aromatic heterocycles. The highest BCUT2D eigenvalue weighted by molar-refractivity contribution is 9.10. The average molecular weight is 347 g/mol. The first-order valence-electron chi connectivity index (χ1n) is 5.80. The van der Waals surface area contributed by atoms with Crippen LogP contribution in [0.2, 0.25) is 0 Å². The van der Waals surface area contributed by atoms with E-state index in [1.165, 1.54) is 12.1 Å². The lowest BCUT2D eigenvalue weighted by Gasteiger charge is -2.24. The van der Waals surface area contributed by atoms with Crippen LogP contribution < -0.4 is 10.1 Å². The summed E-state index contributed by atoms with van der Waals surface area (Å²) in [5.74, 6) is -0.676. The van der Waals surface area contributed by atoms with E-state index in [2.05, 4.69) is 21.2 Å². The number of carboxylic acids is 1. The minimum absolute atomic E-state index is 0.0999. The molecule has 0 aliphatic heterocycles. The number of hydrogen-bond acceptors (Lipinski definition) is 5. The van der Waals surface area contributed by atoms with Gasteiger partial charge >= 0.3 is 5.97 Å². The van der Waals surface area contributed by atoms with Crippen molar-refractivity contribution in [2.24, 2.45) is 0 Å². The number of likely N-dealkylation sites (N-methyl/N-ethyl adjacent to an activating group) is 1. The Balaban J connectivity index is 2.74. The molecule has 1 aromatic rings. The molecule has 7 nitrogen and oxygen atoms in total. The van der Waals surface area contributed by atoms with Crippen molar-refractivity contribution >= 4 is 27.6 Å². The smallest absolute Gasteiger partial charge is 0.323 e. The predicted octanol–water partition coefficient (Wildman–Crippen LogP) is 2.19. The molecule has 1 rings (SSSR count). The van der Waals surface area contributed by atoms with Crippen molar-refractivity contribution in [3.63, 3.8) is 0 Å². The second kappa shape index (κ2) is 6.67. The molecule has 20 heavy (non-hydrogen) atoms. The van der Waals surface area contributed by atoms with Gasteiger partial charge in [0.05, 0.1) is 11.5 Å². The lowest BCUT2D eigenvalue weighted by atomic mass is 9.99. The highest BCUT2D eigenvalue weighted by Gasteiger charge is 2.31. The average Bonchev–Trinajstić information content (AvgIpc) is 2.39. The van der Waals surface area contributed by atoms with E-state index >= 15 is 0 Å². The monoisotopic (exact) mass is 346 g/mol. The first-order valence-corrected chi connectivity index (χ1v) is 6.59. The summed E-state index contributed by atoms with van der Waals surface area (Å²) in [6.45, 7) is 1.66. The molecular weight excluding hydrogens is 332 g/mol. The molecule has 0 heterocycles. The maximum absolute atomic E-state index is 11.1. The van der Waals surface area contributed by atoms with Crippen molar-refractivity contribution in [3.05, 3.63) is 32.8 Å². The van der Waals surface area contributed by atoms with Gasteiger partial charge in [-0.15, -0.1) is 0 Å². The third-order valence-corrected chi connectivity index (χ3v) is 3.82. The number of rotatable bonds is 7. The number of halogens is 1. The summed E-state index contributed by atoms with van der Waals surface area (Å²) in [4.78, 5) is 21.3. The number of nitro benzene ring substituents is 1. The number of nitrogens with one attached hydrogen (secondary N) is 1. The Bertz CT molecular complexity index is 523. The van der Waals surface area contributed by atoms with Gasteiger partial charge < -0.3 is 15.2 Å². The van der Waals surface area contributed by atoms with Crippen LogP contribution in [0.1, 0.15) is 13.3 Å². The van der Waals surface area contributed by atoms with E-state index in [0.717, 1.165) is 0 Å². The van der Waals surface area contributed by atoms with Crippen LogP contribution in [0.25, 0.3) is 0 Å². The summed E-state index contributed by atoms with van der Waals surface area (Å²) in [6, 6.07) is 4.44. The second-order valence-electron chi connectivity index (χ2n) is 4.33. The molecule has 0 bridgehead atoms. The molecule has 1 unspecified atom stereocenters. The molecule has 0 aliphatic carbocycles. The molecule has 0 fully saturated rings. The van der Waals surface area contributed by atoms with Gasteiger partial charge in [0.2, 0.25) is 0 Å². The summed E-state index contributed by atoms with van der Waals surface area (Å²) >= 11 is 3.11. The normalized spacial score (nSPS) is 13.6. The third-order valence-electron chi connectivity index (χ3n) is 3.02. The number of aliphatic carboxylic acids is 1. The minimum Gasteiger partial charge on any atom is -0.492 e. The van der Waals surface area contributed by atoms with Crippen molar-refractivity contribution in [1.82, 2.24) is 5.32 Å². The van der Waals surface area contributed by atoms with Gasteiger partial charge in [-0.05, 0) is 36.0 Å². The standard InChI is InChI=1S/C12H15BrN2O5/c1-12(14-2,11(16)17)6-7-20-9-5-3-4-8(10(9)13)15(18)19/h3-5,14H,6-7H2,1-2H3,(H,16,17). The Morgan fingerprint density at radius 2 is 2.25 bits per heavy atom. The number of nitrogens with zero attached hydrogens (tertiary/aromatic N) is 1. The van der Waals surface area contributed by atoms with Crippen LogP contribution >= 0.6 is 15.9 Å². The van der Waals surface area contributed by atoms with Crippen LogP contribution in [-0.4, -0.2) is 35.2 Å². The molecule has 0 saturated carbocycles. The van der Waals surface area contributed by atoms with E-state index in [-0.39, 0.29) is 23.2 Å². The molecule has 1 aromatic carbocycles. The second-order valence-corrected chi connectivity index (χ2v) is 5.13. The van der Waals surface area contributed by atoms with Gasteiger partial charge in [-0.1, -0.05) is 6.07 Å². The molecule has 0 saturated heterocycles. The Morgan fingerprint density at radius 1 is 1.60 bits per heavy atom. The van der Waals surface area contributed by atoms with E-state index in [1.54, 1.807) is 20.0 Å². The summed E-state index contributed by atoms with van der Waals surface area (Å²) in [6.07, 6.45) is 0.216. The topological polar surface area (TPSA) is 102 Å². The van der Waals surface area contributed by atoms with Crippen LogP contribution in [0.4, 0.5) is 5.69 Å². The molecule has 8 heteroatoms. The Morgan fingerprint density at radius 3 is 2.75 bits per heavy atom. The van der Waals surface area contributed by atoms with Gasteiger partial charge in [0.25, 0.3) is 5.69 Å². The van der Waals surface area contributed by atoms with Crippen molar-refractivity contribution in [2.45, 2.75) is 18.9 Å². The molecule has 110 valence electrons. The highest BCUT2D eigenvalue weighted by Crippen LogP contribution is 2.33. The van der Waals surface area contributed by atoms with Crippen molar-refractivity contribution in [3.8, 4) is 5.75 Å². The summed E-state index contributed by atoms with van der Waals surface area (Å²) in [5, 5.41) is 22.6. The summed E-state index contributed by atoms with van der Waals surface area (Å²) in [7, 11) is 1.55. The van der Waals surface area contributed by atoms with Gasteiger partial charge in [-0.25, -0.2) is 0 Å². The van der Waals surface area contributed by atoms with Crippen molar-refractivity contribution in [1.29, 1.82) is 0 Å². The number of carboxylic acid groups (broad SMARTS) is 1. The molecule has 0 amide bonds. The highest BCUT2D eigenvalue weighted by atomic mass is 79.9. The van der Waals surface area contributed by atoms with Crippen LogP contribution in [0, 0.1) is 10.1 Å². The fourth-order valence-electron chi connectivity index (χ4n) is 1.46. The van der Waals surface area contributed by atoms with Crippen LogP contribution in [-0.2, 0) is 4.79 Å². The molecule has 0 radical (unpaired) electrons. The van der Waals surface area contributed by atoms with Crippen LogP contribution in [0.15, 0.2) is 22.7 Å². The number of benzene rings is 1. The fraction of sp³-hybridized carbons (Fsp3) is 0.417. The van der Waals surface area contributed by atoms with E-state index < -0.39 is 16.4 Å². The zero-order chi connectivity index (χ0) is 15.3. The van der Waals surface area contributed by atoms with Gasteiger partial charge in [0.1, 0.15) is 15.8 Å². The predicted molar refractivity (Wildman–Crippen MR) is 76.0 cm³/mol. The Labute approximate surface area is 124 Å². The number of nitro groups is 1. The number of ether oxygens (including phenoxy) is 1. The van der Waals surface area contributed by atoms with E-state index in [0.29, 0.717) is 5.75 Å². The molecular formula is C12H15BrN2O5. The Hall–Kier alpha value is -1.67. The van der Waals surface area contributed by atoms with E-state index in [1.807, 2.05) is 0 Å². The van der Waals surface area contributed by atoms with Crippen molar-refractivity contribution in [2.75, 3.05) is 13.7 Å². The van der Waals surface area contributed by atoms with Gasteiger partial charge in [0, 0.05) is 12.5 Å². The fourth-order valence-corrected chi connectivity index (χ4v) is 1.98. The Kier molecular flexibility index (Phi) is 5.46. The SMILES string of the molecule is CNC(C)(CCOc1cccc([N+](=O)[O-])c1Br)C(=O)O. The van der Waals surface area contributed by atoms with Gasteiger partial charge in [-0.2, -0.15) is 0 Å². The molecule has 0 aliphatic rings.